The van der Waals surface area contributed by atoms with Crippen molar-refractivity contribution in [2.75, 3.05) is 20.2 Å². The van der Waals surface area contributed by atoms with Gasteiger partial charge >= 0.3 is 0 Å². The lowest BCUT2D eigenvalue weighted by molar-refractivity contribution is -0.141. The van der Waals surface area contributed by atoms with Crippen LogP contribution in [0, 0.1) is 0 Å². The van der Waals surface area contributed by atoms with Crippen LogP contribution in [0.1, 0.15) is 30.4 Å². The van der Waals surface area contributed by atoms with Crippen LogP contribution < -0.4 is 10.1 Å². The van der Waals surface area contributed by atoms with Gasteiger partial charge in [0.05, 0.1) is 13.0 Å². The molecule has 1 aromatic carbocycles. The lowest BCUT2D eigenvalue weighted by Crippen LogP contribution is -2.51. The number of carbonyl (C=O) groups excluding carboxylic acids is 2. The third-order valence-corrected chi connectivity index (χ3v) is 4.48. The van der Waals surface area contributed by atoms with Gasteiger partial charge in [-0.05, 0) is 36.5 Å². The fourth-order valence-electron chi connectivity index (χ4n) is 3.30. The number of fused-ring (bicyclic) bond motifs is 1. The van der Waals surface area contributed by atoms with Crippen LogP contribution in [-0.2, 0) is 22.4 Å². The van der Waals surface area contributed by atoms with Crippen LogP contribution in [-0.4, -0.2) is 43.0 Å². The molecule has 1 atom stereocenters. The molecule has 3 rings (SSSR count). The zero-order valence-corrected chi connectivity index (χ0v) is 12.9. The van der Waals surface area contributed by atoms with Gasteiger partial charge in [0, 0.05) is 20.0 Å². The van der Waals surface area contributed by atoms with Crippen LogP contribution in [0.4, 0.5) is 0 Å². The van der Waals surface area contributed by atoms with E-state index in [2.05, 4.69) is 11.4 Å². The van der Waals surface area contributed by atoms with Gasteiger partial charge < -0.3 is 15.0 Å². The second-order valence-corrected chi connectivity index (χ2v) is 5.93. The van der Waals surface area contributed by atoms with E-state index in [-0.39, 0.29) is 17.9 Å². The summed E-state index contributed by atoms with van der Waals surface area (Å²) in [5, 5.41) is 2.67. The Kier molecular flexibility index (Phi) is 4.32. The van der Waals surface area contributed by atoms with Crippen molar-refractivity contribution in [2.45, 2.75) is 38.1 Å². The summed E-state index contributed by atoms with van der Waals surface area (Å²) in [6, 6.07) is 5.63. The highest BCUT2D eigenvalue weighted by Crippen LogP contribution is 2.26. The quantitative estimate of drug-likeness (QED) is 0.915. The maximum Gasteiger partial charge on any atom is 0.242 e. The molecule has 0 bridgehead atoms. The maximum atomic E-state index is 12.6. The van der Waals surface area contributed by atoms with Gasteiger partial charge in [0.2, 0.25) is 11.8 Å². The number of hydrogen-bond donors (Lipinski definition) is 1. The Labute approximate surface area is 130 Å². The number of rotatable bonds is 3. The highest BCUT2D eigenvalue weighted by atomic mass is 16.5. The van der Waals surface area contributed by atoms with E-state index in [1.807, 2.05) is 12.1 Å². The summed E-state index contributed by atoms with van der Waals surface area (Å²) >= 11 is 0. The zero-order chi connectivity index (χ0) is 15.5. The summed E-state index contributed by atoms with van der Waals surface area (Å²) in [6.07, 6.45) is 3.97. The summed E-state index contributed by atoms with van der Waals surface area (Å²) in [5.41, 5.74) is 2.17. The molecule has 0 aromatic heterocycles. The molecule has 2 aliphatic rings. The number of hydrogen-bond acceptors (Lipinski definition) is 3. The average molecular weight is 302 g/mol. The van der Waals surface area contributed by atoms with Crippen molar-refractivity contribution in [3.8, 4) is 5.75 Å². The lowest BCUT2D eigenvalue weighted by atomic mass is 9.99. The fourth-order valence-corrected chi connectivity index (χ4v) is 3.30. The molecule has 22 heavy (non-hydrogen) atoms. The molecule has 0 aliphatic carbocycles. The molecule has 1 saturated heterocycles. The minimum atomic E-state index is -0.316. The number of nitrogens with zero attached hydrogens (tertiary/aromatic N) is 1. The van der Waals surface area contributed by atoms with Crippen molar-refractivity contribution in [1.29, 1.82) is 0 Å². The summed E-state index contributed by atoms with van der Waals surface area (Å²) in [4.78, 5) is 26.3. The van der Waals surface area contributed by atoms with Crippen LogP contribution in [0.3, 0.4) is 0 Å². The molecule has 1 N–H and O–H groups in total. The molecule has 2 heterocycles. The Balaban J connectivity index is 1.71. The van der Waals surface area contributed by atoms with E-state index >= 15 is 0 Å². The number of nitrogens with one attached hydrogen (secondary N) is 1. The minimum absolute atomic E-state index is 0.0344. The van der Waals surface area contributed by atoms with Crippen molar-refractivity contribution in [3.05, 3.63) is 29.3 Å². The molecule has 0 radical (unpaired) electrons. The predicted octanol–water partition coefficient (Wildman–Crippen LogP) is 1.29. The van der Waals surface area contributed by atoms with Crippen molar-refractivity contribution >= 4 is 11.8 Å². The van der Waals surface area contributed by atoms with Gasteiger partial charge in [0.25, 0.3) is 0 Å². The molecule has 0 spiro atoms. The van der Waals surface area contributed by atoms with E-state index < -0.39 is 0 Å². The van der Waals surface area contributed by atoms with Gasteiger partial charge in [-0.3, -0.25) is 9.59 Å². The van der Waals surface area contributed by atoms with Crippen LogP contribution in [0.5, 0.6) is 5.75 Å². The number of likely N-dealkylation sites (N-methyl/N-ethyl adjacent to an activating group) is 1. The van der Waals surface area contributed by atoms with E-state index in [1.165, 1.54) is 5.56 Å². The first kappa shape index (κ1) is 14.9. The van der Waals surface area contributed by atoms with Crippen molar-refractivity contribution < 1.29 is 14.3 Å². The fraction of sp³-hybridized carbons (Fsp3) is 0.529. The van der Waals surface area contributed by atoms with E-state index in [9.17, 15) is 9.59 Å². The minimum Gasteiger partial charge on any atom is -0.493 e. The summed E-state index contributed by atoms with van der Waals surface area (Å²) < 4.78 is 5.49. The molecule has 5 heteroatoms. The van der Waals surface area contributed by atoms with Gasteiger partial charge in [-0.1, -0.05) is 12.1 Å². The van der Waals surface area contributed by atoms with E-state index in [0.717, 1.165) is 43.6 Å². The highest BCUT2D eigenvalue weighted by Gasteiger charge is 2.31. The summed E-state index contributed by atoms with van der Waals surface area (Å²) in [6.45, 7) is 1.39. The Morgan fingerprint density at radius 3 is 3.05 bits per heavy atom. The lowest BCUT2D eigenvalue weighted by Gasteiger charge is -2.34. The molecule has 118 valence electrons. The summed E-state index contributed by atoms with van der Waals surface area (Å²) in [5.74, 6) is 0.903. The Morgan fingerprint density at radius 2 is 2.23 bits per heavy atom. The molecule has 2 amide bonds. The topological polar surface area (TPSA) is 58.6 Å². The second-order valence-electron chi connectivity index (χ2n) is 5.93. The molecule has 0 saturated carbocycles. The predicted molar refractivity (Wildman–Crippen MR) is 82.8 cm³/mol. The van der Waals surface area contributed by atoms with Crippen molar-refractivity contribution in [3.63, 3.8) is 0 Å². The van der Waals surface area contributed by atoms with E-state index in [4.69, 9.17) is 4.74 Å². The van der Waals surface area contributed by atoms with Crippen LogP contribution in [0.15, 0.2) is 18.2 Å². The van der Waals surface area contributed by atoms with Gasteiger partial charge in [-0.15, -0.1) is 0 Å². The standard InChI is InChI=1S/C17H22N2O3/c1-18-17(21)14-4-2-3-8-19(14)16(20)11-12-5-6-15-13(10-12)7-9-22-15/h5-6,10,14H,2-4,7-9,11H2,1H3,(H,18,21). The van der Waals surface area contributed by atoms with E-state index in [0.29, 0.717) is 13.0 Å². The Bertz CT molecular complexity index is 585. The number of ether oxygens (including phenoxy) is 1. The molecule has 1 unspecified atom stereocenters. The first-order valence-corrected chi connectivity index (χ1v) is 7.94. The van der Waals surface area contributed by atoms with Crippen LogP contribution in [0.2, 0.25) is 0 Å². The number of carbonyl (C=O) groups is 2. The van der Waals surface area contributed by atoms with Gasteiger partial charge in [0.1, 0.15) is 11.8 Å². The first-order valence-electron chi connectivity index (χ1n) is 7.94. The largest absolute Gasteiger partial charge is 0.493 e. The zero-order valence-electron chi connectivity index (χ0n) is 12.9. The Hall–Kier alpha value is -2.04. The summed E-state index contributed by atoms with van der Waals surface area (Å²) in [7, 11) is 1.63. The van der Waals surface area contributed by atoms with Crippen LogP contribution in [0.25, 0.3) is 0 Å². The van der Waals surface area contributed by atoms with Crippen molar-refractivity contribution in [2.24, 2.45) is 0 Å². The highest BCUT2D eigenvalue weighted by molar-refractivity contribution is 5.88. The van der Waals surface area contributed by atoms with Gasteiger partial charge in [0.15, 0.2) is 0 Å². The third-order valence-electron chi connectivity index (χ3n) is 4.48. The molecule has 1 fully saturated rings. The normalized spacial score (nSPS) is 20.2. The third kappa shape index (κ3) is 2.93. The maximum absolute atomic E-state index is 12.6. The van der Waals surface area contributed by atoms with Crippen LogP contribution >= 0.6 is 0 Å². The first-order chi connectivity index (χ1) is 10.7. The smallest absolute Gasteiger partial charge is 0.242 e. The number of amides is 2. The van der Waals surface area contributed by atoms with Crippen molar-refractivity contribution in [1.82, 2.24) is 10.2 Å². The number of benzene rings is 1. The molecule has 5 nitrogen and oxygen atoms in total. The van der Waals surface area contributed by atoms with Gasteiger partial charge in [-0.2, -0.15) is 0 Å². The molecule has 1 aromatic rings. The number of likely N-dealkylation sites (tertiary alicyclic amines) is 1. The van der Waals surface area contributed by atoms with Gasteiger partial charge in [-0.25, -0.2) is 0 Å². The molecule has 2 aliphatic heterocycles. The molecular formula is C17H22N2O3. The van der Waals surface area contributed by atoms with E-state index in [1.54, 1.807) is 11.9 Å². The average Bonchev–Trinajstić information content (AvgIpc) is 3.01. The SMILES string of the molecule is CNC(=O)C1CCCCN1C(=O)Cc1ccc2c(c1)CCO2. The number of piperidine rings is 1. The monoisotopic (exact) mass is 302 g/mol. The molecular weight excluding hydrogens is 280 g/mol. The Morgan fingerprint density at radius 1 is 1.36 bits per heavy atom. The second kappa shape index (κ2) is 6.38.